The van der Waals surface area contributed by atoms with Crippen molar-refractivity contribution in [3.63, 3.8) is 0 Å². The van der Waals surface area contributed by atoms with Crippen molar-refractivity contribution in [1.82, 2.24) is 0 Å². The van der Waals surface area contributed by atoms with E-state index < -0.39 is 27.6 Å². The first kappa shape index (κ1) is 26.5. The first-order valence-corrected chi connectivity index (χ1v) is 14.4. The second kappa shape index (κ2) is 10.3. The molecular weight excluding hydrogens is 544 g/mol. The van der Waals surface area contributed by atoms with E-state index in [2.05, 4.69) is 0 Å². The lowest BCUT2D eigenvalue weighted by Gasteiger charge is -2.24. The SMILES string of the molecule is O=S(=O)(Oc1cccc(/C=C/c2cc(O)cc(O)c2)c1)C1CC2OC1C(c1ccc(O)cc1)=C2c1ccc(O)cc1. The zero-order valence-electron chi connectivity index (χ0n) is 21.6. The zero-order chi connectivity index (χ0) is 28.7. The number of phenols is 4. The van der Waals surface area contributed by atoms with Gasteiger partial charge >= 0.3 is 10.1 Å². The minimum Gasteiger partial charge on any atom is -0.508 e. The molecule has 0 aliphatic carbocycles. The monoisotopic (exact) mass is 570 g/mol. The van der Waals surface area contributed by atoms with E-state index in [1.165, 1.54) is 18.2 Å². The number of phenolic OH excluding ortho intramolecular Hbond substituents is 4. The van der Waals surface area contributed by atoms with Crippen molar-refractivity contribution >= 4 is 33.4 Å². The Bertz CT molecular complexity index is 1750. The van der Waals surface area contributed by atoms with Crippen LogP contribution in [-0.2, 0) is 14.9 Å². The Hall–Kier alpha value is -4.73. The van der Waals surface area contributed by atoms with Crippen molar-refractivity contribution < 1.29 is 37.8 Å². The van der Waals surface area contributed by atoms with Crippen LogP contribution in [0.25, 0.3) is 23.3 Å². The molecule has 2 aliphatic heterocycles. The summed E-state index contributed by atoms with van der Waals surface area (Å²) in [4.78, 5) is 0. The molecule has 208 valence electrons. The molecule has 9 heteroatoms. The third kappa shape index (κ3) is 5.37. The smallest absolute Gasteiger partial charge is 0.315 e. The lowest BCUT2D eigenvalue weighted by Crippen LogP contribution is -2.35. The molecule has 0 saturated carbocycles. The highest BCUT2D eigenvalue weighted by molar-refractivity contribution is 7.87. The molecule has 0 aromatic heterocycles. The van der Waals surface area contributed by atoms with Crippen LogP contribution >= 0.6 is 0 Å². The van der Waals surface area contributed by atoms with Crippen LogP contribution in [0.15, 0.2) is 91.0 Å². The largest absolute Gasteiger partial charge is 0.508 e. The summed E-state index contributed by atoms with van der Waals surface area (Å²) >= 11 is 0. The van der Waals surface area contributed by atoms with Crippen LogP contribution in [0.3, 0.4) is 0 Å². The normalized spacial score (nSPS) is 20.1. The topological polar surface area (TPSA) is 134 Å². The number of fused-ring (bicyclic) bond motifs is 2. The van der Waals surface area contributed by atoms with E-state index in [4.69, 9.17) is 8.92 Å². The molecule has 2 aliphatic rings. The quantitative estimate of drug-likeness (QED) is 0.168. The average Bonchev–Trinajstić information content (AvgIpc) is 3.53. The third-order valence-electron chi connectivity index (χ3n) is 7.18. The summed E-state index contributed by atoms with van der Waals surface area (Å²) < 4.78 is 39.0. The van der Waals surface area contributed by atoms with Gasteiger partial charge in [0.15, 0.2) is 0 Å². The van der Waals surface area contributed by atoms with E-state index in [1.54, 1.807) is 84.9 Å². The van der Waals surface area contributed by atoms with Crippen LogP contribution in [0.4, 0.5) is 0 Å². The van der Waals surface area contributed by atoms with Gasteiger partial charge in [0.25, 0.3) is 0 Å². The summed E-state index contributed by atoms with van der Waals surface area (Å²) in [7, 11) is -4.14. The summed E-state index contributed by atoms with van der Waals surface area (Å²) in [5, 5.41) is 38.0. The van der Waals surface area contributed by atoms with Crippen molar-refractivity contribution in [2.24, 2.45) is 0 Å². The van der Waals surface area contributed by atoms with Gasteiger partial charge in [-0.3, -0.25) is 0 Å². The van der Waals surface area contributed by atoms with E-state index >= 15 is 0 Å². The molecule has 1 saturated heterocycles. The minimum atomic E-state index is -4.14. The molecule has 4 aromatic carbocycles. The first-order chi connectivity index (χ1) is 19.7. The van der Waals surface area contributed by atoms with Gasteiger partial charge in [0.05, 0.1) is 6.10 Å². The van der Waals surface area contributed by atoms with E-state index in [-0.39, 0.29) is 35.2 Å². The number of rotatable bonds is 7. The molecule has 2 bridgehead atoms. The van der Waals surface area contributed by atoms with Crippen LogP contribution in [0.2, 0.25) is 0 Å². The van der Waals surface area contributed by atoms with E-state index in [1.807, 2.05) is 0 Å². The van der Waals surface area contributed by atoms with Crippen LogP contribution in [-0.4, -0.2) is 46.3 Å². The van der Waals surface area contributed by atoms with E-state index in [9.17, 15) is 28.8 Å². The Morgan fingerprint density at radius 3 is 1.90 bits per heavy atom. The number of hydrogen-bond acceptors (Lipinski definition) is 8. The molecule has 41 heavy (non-hydrogen) atoms. The number of benzene rings is 4. The molecule has 4 aromatic rings. The summed E-state index contributed by atoms with van der Waals surface area (Å²) in [6, 6.07) is 24.0. The van der Waals surface area contributed by atoms with Gasteiger partial charge in [0.2, 0.25) is 0 Å². The van der Waals surface area contributed by atoms with E-state index in [0.717, 1.165) is 16.7 Å². The molecule has 1 fully saturated rings. The summed E-state index contributed by atoms with van der Waals surface area (Å²) in [5.74, 6) is 0.204. The van der Waals surface area contributed by atoms with Crippen LogP contribution in [0.1, 0.15) is 28.7 Å². The summed E-state index contributed by atoms with van der Waals surface area (Å²) in [6.45, 7) is 0. The minimum absolute atomic E-state index is 0.0739. The predicted octanol–water partition coefficient (Wildman–Crippen LogP) is 5.54. The molecule has 4 N–H and O–H groups in total. The first-order valence-electron chi connectivity index (χ1n) is 12.9. The van der Waals surface area contributed by atoms with Crippen molar-refractivity contribution in [3.05, 3.63) is 113 Å². The summed E-state index contributed by atoms with van der Waals surface area (Å²) in [6.07, 6.45) is 2.30. The second-order valence-electron chi connectivity index (χ2n) is 10.0. The molecule has 3 atom stereocenters. The average molecular weight is 571 g/mol. The van der Waals surface area contributed by atoms with Gasteiger partial charge in [0.1, 0.15) is 40.1 Å². The molecule has 0 radical (unpaired) electrons. The molecule has 0 amide bonds. The Labute approximate surface area is 236 Å². The molecule has 8 nitrogen and oxygen atoms in total. The lowest BCUT2D eigenvalue weighted by molar-refractivity contribution is 0.128. The number of ether oxygens (including phenoxy) is 1. The standard InChI is InChI=1S/C32H26O8S/c33-23-10-6-21(7-11-23)30-28-18-29(32(39-28)31(30)22-8-12-24(34)13-9-22)41(37,38)40-27-3-1-2-19(16-27)4-5-20-14-25(35)17-26(36)15-20/h1-17,28-29,32-36H,18H2/b5-4+. The van der Waals surface area contributed by atoms with Crippen molar-refractivity contribution in [2.75, 3.05) is 0 Å². The molecule has 3 unspecified atom stereocenters. The molecular formula is C32H26O8S. The predicted molar refractivity (Wildman–Crippen MR) is 155 cm³/mol. The maximum Gasteiger partial charge on any atom is 0.315 e. The van der Waals surface area contributed by atoms with Crippen molar-refractivity contribution in [3.8, 4) is 28.7 Å². The van der Waals surface area contributed by atoms with E-state index in [0.29, 0.717) is 16.7 Å². The maximum absolute atomic E-state index is 13.6. The Balaban J connectivity index is 1.29. The van der Waals surface area contributed by atoms with Gasteiger partial charge in [0, 0.05) is 12.5 Å². The molecule has 6 rings (SSSR count). The fourth-order valence-electron chi connectivity index (χ4n) is 5.41. The highest BCUT2D eigenvalue weighted by atomic mass is 32.2. The molecule has 2 heterocycles. The second-order valence-corrected chi connectivity index (χ2v) is 11.8. The van der Waals surface area contributed by atoms with Crippen LogP contribution in [0, 0.1) is 0 Å². The highest BCUT2D eigenvalue weighted by Crippen LogP contribution is 2.51. The number of aromatic hydroxyl groups is 4. The van der Waals surface area contributed by atoms with Gasteiger partial charge in [-0.1, -0.05) is 48.6 Å². The van der Waals surface area contributed by atoms with Gasteiger partial charge < -0.3 is 29.3 Å². The van der Waals surface area contributed by atoms with Gasteiger partial charge in [-0.05, 0) is 81.9 Å². The third-order valence-corrected chi connectivity index (χ3v) is 8.79. The fraction of sp³-hybridized carbons (Fsp3) is 0.125. The van der Waals surface area contributed by atoms with Crippen molar-refractivity contribution in [2.45, 2.75) is 23.9 Å². The Kier molecular flexibility index (Phi) is 6.69. The fourth-order valence-corrected chi connectivity index (χ4v) is 6.82. The zero-order valence-corrected chi connectivity index (χ0v) is 22.4. The van der Waals surface area contributed by atoms with Crippen LogP contribution in [0.5, 0.6) is 28.7 Å². The molecule has 0 spiro atoms. The summed E-state index contributed by atoms with van der Waals surface area (Å²) in [5.41, 5.74) is 4.31. The van der Waals surface area contributed by atoms with Crippen molar-refractivity contribution in [1.29, 1.82) is 0 Å². The number of hydrogen-bond donors (Lipinski definition) is 4. The lowest BCUT2D eigenvalue weighted by atomic mass is 9.83. The Morgan fingerprint density at radius 2 is 1.27 bits per heavy atom. The van der Waals surface area contributed by atoms with Gasteiger partial charge in [-0.25, -0.2) is 0 Å². The Morgan fingerprint density at radius 1 is 0.683 bits per heavy atom. The van der Waals surface area contributed by atoms with Gasteiger partial charge in [-0.2, -0.15) is 8.42 Å². The van der Waals surface area contributed by atoms with Gasteiger partial charge in [-0.15, -0.1) is 0 Å². The van der Waals surface area contributed by atoms with Crippen LogP contribution < -0.4 is 4.18 Å². The maximum atomic E-state index is 13.6. The highest BCUT2D eigenvalue weighted by Gasteiger charge is 2.53.